The van der Waals surface area contributed by atoms with Crippen LogP contribution in [0.2, 0.25) is 0 Å². The first-order chi connectivity index (χ1) is 7.79. The van der Waals surface area contributed by atoms with Gasteiger partial charge in [0.2, 0.25) is 0 Å². The number of hydrogen-bond acceptors (Lipinski definition) is 3. The Labute approximate surface area is 112 Å². The molecule has 1 aliphatic rings. The van der Waals surface area contributed by atoms with Gasteiger partial charge in [0.15, 0.2) is 0 Å². The fourth-order valence-electron chi connectivity index (χ4n) is 1.75. The van der Waals surface area contributed by atoms with Crippen LogP contribution < -0.4 is 0 Å². The van der Waals surface area contributed by atoms with Crippen molar-refractivity contribution in [2.24, 2.45) is 0 Å². The number of halogens is 2. The standard InChI is InChI=1S/C11H14Br2N2O/c12-5-11-8-16-4-3-15(11)7-10-2-1-9(13)6-14-10/h1-2,6,11H,3-5,7-8H2. The van der Waals surface area contributed by atoms with E-state index < -0.39 is 0 Å². The molecule has 0 spiro atoms. The van der Waals surface area contributed by atoms with Gasteiger partial charge in [0.05, 0.1) is 18.9 Å². The first-order valence-electron chi connectivity index (χ1n) is 5.28. The third-order valence-electron chi connectivity index (χ3n) is 2.68. The van der Waals surface area contributed by atoms with Gasteiger partial charge in [-0.1, -0.05) is 15.9 Å². The van der Waals surface area contributed by atoms with Crippen LogP contribution in [0.1, 0.15) is 5.69 Å². The summed E-state index contributed by atoms with van der Waals surface area (Å²) in [4.78, 5) is 6.81. The van der Waals surface area contributed by atoms with Crippen molar-refractivity contribution in [2.45, 2.75) is 12.6 Å². The molecule has 3 nitrogen and oxygen atoms in total. The molecular weight excluding hydrogens is 336 g/mol. The number of hydrogen-bond donors (Lipinski definition) is 0. The lowest BCUT2D eigenvalue weighted by Gasteiger charge is -2.34. The highest BCUT2D eigenvalue weighted by Crippen LogP contribution is 2.14. The second-order valence-corrected chi connectivity index (χ2v) is 5.38. The van der Waals surface area contributed by atoms with Crippen LogP contribution in [0.3, 0.4) is 0 Å². The predicted octanol–water partition coefficient (Wildman–Crippen LogP) is 2.44. The molecule has 0 amide bonds. The fraction of sp³-hybridized carbons (Fsp3) is 0.545. The summed E-state index contributed by atoms with van der Waals surface area (Å²) in [5.41, 5.74) is 1.11. The van der Waals surface area contributed by atoms with Gasteiger partial charge in [-0.05, 0) is 28.1 Å². The Hall–Kier alpha value is 0.0300. The van der Waals surface area contributed by atoms with Gasteiger partial charge in [-0.2, -0.15) is 0 Å². The van der Waals surface area contributed by atoms with Crippen molar-refractivity contribution >= 4 is 31.9 Å². The summed E-state index contributed by atoms with van der Waals surface area (Å²) in [6.45, 7) is 3.50. The fourth-order valence-corrected chi connectivity index (χ4v) is 2.58. The second kappa shape index (κ2) is 6.10. The molecule has 0 aliphatic carbocycles. The van der Waals surface area contributed by atoms with Crippen molar-refractivity contribution in [2.75, 3.05) is 25.1 Å². The SMILES string of the molecule is BrCC1COCCN1Cc1ccc(Br)cn1. The Kier molecular flexibility index (Phi) is 4.76. The molecule has 16 heavy (non-hydrogen) atoms. The highest BCUT2D eigenvalue weighted by atomic mass is 79.9. The predicted molar refractivity (Wildman–Crippen MR) is 70.7 cm³/mol. The summed E-state index contributed by atoms with van der Waals surface area (Å²) in [5, 5.41) is 0.948. The average Bonchev–Trinajstić information content (AvgIpc) is 2.33. The smallest absolute Gasteiger partial charge is 0.0630 e. The minimum atomic E-state index is 0.458. The van der Waals surface area contributed by atoms with E-state index in [0.29, 0.717) is 6.04 Å². The van der Waals surface area contributed by atoms with Crippen LogP contribution in [-0.2, 0) is 11.3 Å². The van der Waals surface area contributed by atoms with Gasteiger partial charge in [0.25, 0.3) is 0 Å². The van der Waals surface area contributed by atoms with Crippen molar-refractivity contribution in [1.82, 2.24) is 9.88 Å². The molecule has 1 aromatic heterocycles. The van der Waals surface area contributed by atoms with Gasteiger partial charge in [-0.15, -0.1) is 0 Å². The third kappa shape index (κ3) is 3.26. The zero-order chi connectivity index (χ0) is 11.4. The average molecular weight is 350 g/mol. The maximum atomic E-state index is 5.46. The molecular formula is C11H14Br2N2O. The molecule has 1 saturated heterocycles. The Balaban J connectivity index is 1.99. The molecule has 0 aromatic carbocycles. The third-order valence-corrected chi connectivity index (χ3v) is 3.90. The van der Waals surface area contributed by atoms with E-state index in [1.54, 1.807) is 0 Å². The first kappa shape index (κ1) is 12.5. The van der Waals surface area contributed by atoms with Gasteiger partial charge >= 0.3 is 0 Å². The molecule has 1 atom stereocenters. The molecule has 1 fully saturated rings. The van der Waals surface area contributed by atoms with Crippen molar-refractivity contribution < 1.29 is 4.74 Å². The van der Waals surface area contributed by atoms with Crippen LogP contribution in [0.15, 0.2) is 22.8 Å². The summed E-state index contributed by atoms with van der Waals surface area (Å²) >= 11 is 6.92. The highest BCUT2D eigenvalue weighted by molar-refractivity contribution is 9.10. The van der Waals surface area contributed by atoms with Crippen LogP contribution in [0.4, 0.5) is 0 Å². The van der Waals surface area contributed by atoms with E-state index >= 15 is 0 Å². The Morgan fingerprint density at radius 2 is 2.38 bits per heavy atom. The van der Waals surface area contributed by atoms with Crippen molar-refractivity contribution in [3.05, 3.63) is 28.5 Å². The molecule has 2 heterocycles. The Morgan fingerprint density at radius 3 is 3.06 bits per heavy atom. The minimum absolute atomic E-state index is 0.458. The quantitative estimate of drug-likeness (QED) is 0.784. The zero-order valence-electron chi connectivity index (χ0n) is 8.90. The van der Waals surface area contributed by atoms with Crippen LogP contribution in [0.25, 0.3) is 0 Å². The maximum Gasteiger partial charge on any atom is 0.0630 e. The van der Waals surface area contributed by atoms with E-state index in [-0.39, 0.29) is 0 Å². The van der Waals surface area contributed by atoms with Crippen LogP contribution in [-0.4, -0.2) is 41.0 Å². The molecule has 5 heteroatoms. The van der Waals surface area contributed by atoms with Gasteiger partial charge in [0.1, 0.15) is 0 Å². The van der Waals surface area contributed by atoms with E-state index in [1.807, 2.05) is 12.3 Å². The van der Waals surface area contributed by atoms with Gasteiger partial charge in [0, 0.05) is 35.1 Å². The van der Waals surface area contributed by atoms with E-state index in [2.05, 4.69) is 47.8 Å². The number of rotatable bonds is 3. The van der Waals surface area contributed by atoms with Crippen molar-refractivity contribution in [3.8, 4) is 0 Å². The Morgan fingerprint density at radius 1 is 1.50 bits per heavy atom. The van der Waals surface area contributed by atoms with Crippen LogP contribution >= 0.6 is 31.9 Å². The molecule has 0 saturated carbocycles. The normalized spacial score (nSPS) is 22.2. The lowest BCUT2D eigenvalue weighted by atomic mass is 10.2. The van der Waals surface area contributed by atoms with Crippen LogP contribution in [0, 0.1) is 0 Å². The lowest BCUT2D eigenvalue weighted by Crippen LogP contribution is -2.45. The topological polar surface area (TPSA) is 25.4 Å². The first-order valence-corrected chi connectivity index (χ1v) is 7.19. The highest BCUT2D eigenvalue weighted by Gasteiger charge is 2.22. The number of aromatic nitrogens is 1. The second-order valence-electron chi connectivity index (χ2n) is 3.82. The van der Waals surface area contributed by atoms with E-state index in [1.165, 1.54) is 0 Å². The summed E-state index contributed by atoms with van der Waals surface area (Å²) in [7, 11) is 0. The number of ether oxygens (including phenoxy) is 1. The van der Waals surface area contributed by atoms with Crippen LogP contribution in [0.5, 0.6) is 0 Å². The van der Waals surface area contributed by atoms with Gasteiger partial charge in [-0.3, -0.25) is 9.88 Å². The number of pyridine rings is 1. The molecule has 1 aromatic rings. The molecule has 0 bridgehead atoms. The van der Waals surface area contributed by atoms with E-state index in [0.717, 1.165) is 41.8 Å². The van der Waals surface area contributed by atoms with Crippen molar-refractivity contribution in [1.29, 1.82) is 0 Å². The molecule has 88 valence electrons. The largest absolute Gasteiger partial charge is 0.378 e. The molecule has 1 unspecified atom stereocenters. The monoisotopic (exact) mass is 348 g/mol. The van der Waals surface area contributed by atoms with Crippen molar-refractivity contribution in [3.63, 3.8) is 0 Å². The van der Waals surface area contributed by atoms with Gasteiger partial charge < -0.3 is 4.74 Å². The Bertz CT molecular complexity index is 331. The zero-order valence-corrected chi connectivity index (χ0v) is 12.1. The summed E-state index contributed by atoms with van der Waals surface area (Å²) in [5.74, 6) is 0. The number of nitrogens with zero attached hydrogens (tertiary/aromatic N) is 2. The maximum absolute atomic E-state index is 5.46. The van der Waals surface area contributed by atoms with Gasteiger partial charge in [-0.25, -0.2) is 0 Å². The summed E-state index contributed by atoms with van der Waals surface area (Å²) in [6.07, 6.45) is 1.85. The van der Waals surface area contributed by atoms with E-state index in [4.69, 9.17) is 4.74 Å². The molecule has 2 rings (SSSR count). The number of alkyl halides is 1. The molecule has 1 aliphatic heterocycles. The number of morpholine rings is 1. The lowest BCUT2D eigenvalue weighted by molar-refractivity contribution is -0.00266. The molecule has 0 N–H and O–H groups in total. The van der Waals surface area contributed by atoms with E-state index in [9.17, 15) is 0 Å². The molecule has 0 radical (unpaired) electrons. The minimum Gasteiger partial charge on any atom is -0.378 e. The summed E-state index contributed by atoms with van der Waals surface area (Å²) in [6, 6.07) is 4.55. The summed E-state index contributed by atoms with van der Waals surface area (Å²) < 4.78 is 6.48.